The molecule has 122 valence electrons. The third-order valence-electron chi connectivity index (χ3n) is 4.39. The summed E-state index contributed by atoms with van der Waals surface area (Å²) in [5.41, 5.74) is 4.15. The van der Waals surface area contributed by atoms with Crippen molar-refractivity contribution in [2.75, 3.05) is 24.5 Å². The maximum absolute atomic E-state index is 12.4. The second kappa shape index (κ2) is 6.71. The van der Waals surface area contributed by atoms with Gasteiger partial charge in [-0.05, 0) is 67.7 Å². The van der Waals surface area contributed by atoms with Crippen molar-refractivity contribution in [3.63, 3.8) is 0 Å². The molecule has 1 amide bonds. The number of carbonyl (C=O) groups is 1. The average molecular weight is 329 g/mol. The van der Waals surface area contributed by atoms with Crippen LogP contribution in [0.25, 0.3) is 6.08 Å². The molecule has 2 heterocycles. The van der Waals surface area contributed by atoms with Crippen LogP contribution in [0.5, 0.6) is 0 Å². The number of nitrogens with one attached hydrogen (secondary N) is 1. The minimum atomic E-state index is -0.0295. The molecule has 0 spiro atoms. The molecule has 0 saturated carbocycles. The Morgan fingerprint density at radius 2 is 2.04 bits per heavy atom. The van der Waals surface area contributed by atoms with E-state index in [1.807, 2.05) is 13.0 Å². The summed E-state index contributed by atoms with van der Waals surface area (Å²) in [7, 11) is 0. The molecule has 0 radical (unpaired) electrons. The van der Waals surface area contributed by atoms with Crippen LogP contribution in [0.3, 0.4) is 0 Å². The number of rotatable bonds is 4. The van der Waals surface area contributed by atoms with Gasteiger partial charge in [0, 0.05) is 25.3 Å². The first kappa shape index (κ1) is 16.0. The highest BCUT2D eigenvalue weighted by atomic mass is 32.1. The average Bonchev–Trinajstić information content (AvgIpc) is 3.13. The van der Waals surface area contributed by atoms with E-state index in [1.54, 1.807) is 4.90 Å². The molecular formula is C18H23N3OS. The molecule has 2 fully saturated rings. The Balaban J connectivity index is 1.81. The van der Waals surface area contributed by atoms with E-state index < -0.39 is 0 Å². The molecule has 1 N–H and O–H groups in total. The Bertz CT molecular complexity index is 662. The summed E-state index contributed by atoms with van der Waals surface area (Å²) in [5, 5.41) is 3.54. The van der Waals surface area contributed by atoms with Gasteiger partial charge in [-0.1, -0.05) is 13.0 Å². The fraction of sp³-hybridized carbons (Fsp3) is 0.444. The van der Waals surface area contributed by atoms with Crippen molar-refractivity contribution in [3.05, 3.63) is 35.0 Å². The fourth-order valence-electron chi connectivity index (χ4n) is 3.25. The van der Waals surface area contributed by atoms with Crippen LogP contribution in [0, 0.1) is 6.92 Å². The number of thiocarbonyl (C=S) groups is 1. The molecule has 1 aromatic carbocycles. The van der Waals surface area contributed by atoms with Crippen LogP contribution in [0.2, 0.25) is 0 Å². The highest BCUT2D eigenvalue weighted by Gasteiger charge is 2.29. The number of carbonyl (C=O) groups excluding carboxylic acids is 1. The third-order valence-corrected chi connectivity index (χ3v) is 4.71. The predicted octanol–water partition coefficient (Wildman–Crippen LogP) is 3.06. The van der Waals surface area contributed by atoms with Crippen LogP contribution in [0.1, 0.15) is 37.3 Å². The molecule has 4 nitrogen and oxygen atoms in total. The molecule has 0 bridgehead atoms. The molecule has 0 atom stereocenters. The normalized spacial score (nSPS) is 19.8. The standard InChI is InChI=1S/C18H23N3OS/c1-3-8-21-17(22)15(19-18(21)23)12-14-6-7-16(13(2)11-14)20-9-4-5-10-20/h6-7,11-12H,3-5,8-10H2,1-2H3,(H,19,23). The Labute approximate surface area is 143 Å². The molecule has 2 aliphatic heterocycles. The van der Waals surface area contributed by atoms with Crippen LogP contribution in [-0.2, 0) is 4.79 Å². The van der Waals surface area contributed by atoms with E-state index in [0.29, 0.717) is 17.4 Å². The fourth-order valence-corrected chi connectivity index (χ4v) is 3.53. The van der Waals surface area contributed by atoms with Gasteiger partial charge in [-0.2, -0.15) is 0 Å². The predicted molar refractivity (Wildman–Crippen MR) is 98.3 cm³/mol. The van der Waals surface area contributed by atoms with Crippen molar-refractivity contribution in [1.29, 1.82) is 0 Å². The van der Waals surface area contributed by atoms with Gasteiger partial charge in [0.2, 0.25) is 0 Å². The maximum Gasteiger partial charge on any atom is 0.276 e. The first-order valence-electron chi connectivity index (χ1n) is 8.30. The van der Waals surface area contributed by atoms with E-state index in [0.717, 1.165) is 25.1 Å². The van der Waals surface area contributed by atoms with E-state index in [4.69, 9.17) is 12.2 Å². The summed E-state index contributed by atoms with van der Waals surface area (Å²) in [6, 6.07) is 6.38. The zero-order chi connectivity index (χ0) is 16.4. The van der Waals surface area contributed by atoms with Crippen molar-refractivity contribution >= 4 is 35.0 Å². The van der Waals surface area contributed by atoms with Crippen molar-refractivity contribution in [3.8, 4) is 0 Å². The molecule has 0 aromatic heterocycles. The zero-order valence-electron chi connectivity index (χ0n) is 13.8. The maximum atomic E-state index is 12.4. The lowest BCUT2D eigenvalue weighted by atomic mass is 10.1. The topological polar surface area (TPSA) is 35.6 Å². The number of amides is 1. The van der Waals surface area contributed by atoms with Crippen molar-refractivity contribution in [2.24, 2.45) is 0 Å². The van der Waals surface area contributed by atoms with Crippen molar-refractivity contribution < 1.29 is 4.79 Å². The second-order valence-corrected chi connectivity index (χ2v) is 6.57. The molecule has 0 unspecified atom stereocenters. The van der Waals surface area contributed by atoms with Crippen LogP contribution in [0.4, 0.5) is 5.69 Å². The SMILES string of the molecule is CCCN1C(=O)C(=Cc2ccc(N3CCCC3)c(C)c2)NC1=S. The summed E-state index contributed by atoms with van der Waals surface area (Å²) < 4.78 is 0. The molecule has 2 aliphatic rings. The number of aryl methyl sites for hydroxylation is 1. The molecule has 3 rings (SSSR count). The smallest absolute Gasteiger partial charge is 0.276 e. The summed E-state index contributed by atoms with van der Waals surface area (Å²) in [4.78, 5) is 16.4. The summed E-state index contributed by atoms with van der Waals surface area (Å²) in [6.45, 7) is 7.11. The van der Waals surface area contributed by atoms with Crippen LogP contribution >= 0.6 is 12.2 Å². The first-order valence-corrected chi connectivity index (χ1v) is 8.71. The number of hydrogen-bond acceptors (Lipinski definition) is 3. The highest BCUT2D eigenvalue weighted by molar-refractivity contribution is 7.80. The highest BCUT2D eigenvalue weighted by Crippen LogP contribution is 2.26. The number of nitrogens with zero attached hydrogens (tertiary/aromatic N) is 2. The van der Waals surface area contributed by atoms with Gasteiger partial charge < -0.3 is 10.2 Å². The molecule has 2 saturated heterocycles. The monoisotopic (exact) mass is 329 g/mol. The molecule has 23 heavy (non-hydrogen) atoms. The van der Waals surface area contributed by atoms with Crippen LogP contribution < -0.4 is 10.2 Å². The van der Waals surface area contributed by atoms with Crippen molar-refractivity contribution in [2.45, 2.75) is 33.1 Å². The largest absolute Gasteiger partial charge is 0.371 e. The van der Waals surface area contributed by atoms with Gasteiger partial charge in [0.1, 0.15) is 5.70 Å². The van der Waals surface area contributed by atoms with Gasteiger partial charge in [0.05, 0.1) is 0 Å². The van der Waals surface area contributed by atoms with Crippen LogP contribution in [-0.4, -0.2) is 35.6 Å². The van der Waals surface area contributed by atoms with Crippen LogP contribution in [0.15, 0.2) is 23.9 Å². The lowest BCUT2D eigenvalue weighted by Crippen LogP contribution is -2.31. The van der Waals surface area contributed by atoms with E-state index in [2.05, 4.69) is 35.3 Å². The minimum Gasteiger partial charge on any atom is -0.371 e. The molecule has 1 aromatic rings. The molecular weight excluding hydrogens is 306 g/mol. The van der Waals surface area contributed by atoms with E-state index >= 15 is 0 Å². The minimum absolute atomic E-state index is 0.0295. The van der Waals surface area contributed by atoms with Gasteiger partial charge in [-0.25, -0.2) is 0 Å². The Hall–Kier alpha value is -1.88. The Morgan fingerprint density at radius 1 is 1.30 bits per heavy atom. The Kier molecular flexibility index (Phi) is 4.66. The van der Waals surface area contributed by atoms with E-state index in [9.17, 15) is 4.79 Å². The molecule has 5 heteroatoms. The van der Waals surface area contributed by atoms with Gasteiger partial charge in [-0.15, -0.1) is 0 Å². The molecule has 0 aliphatic carbocycles. The summed E-state index contributed by atoms with van der Waals surface area (Å²) in [5.74, 6) is -0.0295. The number of anilines is 1. The summed E-state index contributed by atoms with van der Waals surface area (Å²) >= 11 is 5.24. The lowest BCUT2D eigenvalue weighted by Gasteiger charge is -2.20. The van der Waals surface area contributed by atoms with E-state index in [1.165, 1.54) is 24.1 Å². The van der Waals surface area contributed by atoms with Gasteiger partial charge in [0.15, 0.2) is 5.11 Å². The van der Waals surface area contributed by atoms with E-state index in [-0.39, 0.29) is 5.91 Å². The lowest BCUT2D eigenvalue weighted by molar-refractivity contribution is -0.122. The number of benzene rings is 1. The second-order valence-electron chi connectivity index (χ2n) is 6.19. The van der Waals surface area contributed by atoms with Gasteiger partial charge in [-0.3, -0.25) is 9.69 Å². The summed E-state index contributed by atoms with van der Waals surface area (Å²) in [6.07, 6.45) is 5.33. The quantitative estimate of drug-likeness (QED) is 0.680. The first-order chi connectivity index (χ1) is 11.1. The zero-order valence-corrected chi connectivity index (χ0v) is 14.6. The number of hydrogen-bond donors (Lipinski definition) is 1. The third kappa shape index (κ3) is 3.24. The van der Waals surface area contributed by atoms with Gasteiger partial charge >= 0.3 is 0 Å². The van der Waals surface area contributed by atoms with Crippen molar-refractivity contribution in [1.82, 2.24) is 10.2 Å². The van der Waals surface area contributed by atoms with Gasteiger partial charge in [0.25, 0.3) is 5.91 Å². The Morgan fingerprint density at radius 3 is 2.70 bits per heavy atom.